The van der Waals surface area contributed by atoms with Gasteiger partial charge in [-0.25, -0.2) is 0 Å². The Morgan fingerprint density at radius 1 is 0.964 bits per heavy atom. The van der Waals surface area contributed by atoms with Crippen molar-refractivity contribution in [2.24, 2.45) is 0 Å². The van der Waals surface area contributed by atoms with Crippen LogP contribution in [-0.4, -0.2) is 47.2 Å². The molecule has 0 N–H and O–H groups in total. The van der Waals surface area contributed by atoms with Crippen molar-refractivity contribution in [3.8, 4) is 11.5 Å². The monoisotopic (exact) mass is 376 g/mol. The van der Waals surface area contributed by atoms with Gasteiger partial charge in [-0.2, -0.15) is 0 Å². The predicted octanol–water partition coefficient (Wildman–Crippen LogP) is 3.33. The largest absolute Gasteiger partial charge is 0.421 e. The molecule has 1 aliphatic rings. The van der Waals surface area contributed by atoms with Crippen molar-refractivity contribution in [2.45, 2.75) is 19.8 Å². The van der Waals surface area contributed by atoms with E-state index in [-0.39, 0.29) is 5.91 Å². The Balaban J connectivity index is 1.29. The van der Waals surface area contributed by atoms with E-state index in [4.69, 9.17) is 4.42 Å². The van der Waals surface area contributed by atoms with Gasteiger partial charge >= 0.3 is 0 Å². The Kier molecular flexibility index (Phi) is 5.37. The number of hydrogen-bond donors (Lipinski definition) is 0. The topological polar surface area (TPSA) is 62.5 Å². The second-order valence-electron chi connectivity index (χ2n) is 7.02. The van der Waals surface area contributed by atoms with E-state index in [1.165, 1.54) is 5.69 Å². The molecule has 2 heterocycles. The molecule has 6 heteroatoms. The Morgan fingerprint density at radius 2 is 1.68 bits per heavy atom. The number of nitrogens with zero attached hydrogens (tertiary/aromatic N) is 4. The van der Waals surface area contributed by atoms with Crippen molar-refractivity contribution in [1.82, 2.24) is 15.1 Å². The first-order valence-corrected chi connectivity index (χ1v) is 9.67. The van der Waals surface area contributed by atoms with E-state index in [9.17, 15) is 4.79 Å². The van der Waals surface area contributed by atoms with Crippen molar-refractivity contribution in [2.75, 3.05) is 31.1 Å². The molecule has 1 aliphatic heterocycles. The molecule has 0 spiro atoms. The Bertz CT molecular complexity index is 930. The average molecular weight is 376 g/mol. The molecule has 0 bridgehead atoms. The van der Waals surface area contributed by atoms with Gasteiger partial charge in [-0.05, 0) is 30.7 Å². The van der Waals surface area contributed by atoms with Crippen molar-refractivity contribution < 1.29 is 9.21 Å². The van der Waals surface area contributed by atoms with Crippen LogP contribution in [0.25, 0.3) is 11.5 Å². The highest BCUT2D eigenvalue weighted by Gasteiger charge is 2.21. The highest BCUT2D eigenvalue weighted by atomic mass is 16.4. The molecule has 2 aromatic carbocycles. The first-order valence-electron chi connectivity index (χ1n) is 9.67. The van der Waals surface area contributed by atoms with Gasteiger partial charge in [0.05, 0.1) is 0 Å². The Labute approximate surface area is 164 Å². The lowest BCUT2D eigenvalue weighted by Gasteiger charge is -2.36. The molecule has 0 aliphatic carbocycles. The molecule has 1 aromatic heterocycles. The van der Waals surface area contributed by atoms with Crippen LogP contribution < -0.4 is 4.90 Å². The maximum absolute atomic E-state index is 12.6. The standard InChI is InChI=1S/C22H24N4O2/c1-17-7-5-6-10-19(17)22-24-23-20(28-22)11-12-21(27)26-15-13-25(14-16-26)18-8-3-2-4-9-18/h2-10H,11-16H2,1H3. The number of amides is 1. The molecule has 0 atom stereocenters. The van der Waals surface area contributed by atoms with Crippen LogP contribution in [0.5, 0.6) is 0 Å². The molecule has 1 saturated heterocycles. The van der Waals surface area contributed by atoms with Crippen molar-refractivity contribution >= 4 is 11.6 Å². The lowest BCUT2D eigenvalue weighted by atomic mass is 10.1. The molecule has 0 unspecified atom stereocenters. The van der Waals surface area contributed by atoms with Gasteiger partial charge < -0.3 is 14.2 Å². The number of para-hydroxylation sites is 1. The van der Waals surface area contributed by atoms with E-state index in [0.29, 0.717) is 24.6 Å². The summed E-state index contributed by atoms with van der Waals surface area (Å²) in [7, 11) is 0. The summed E-state index contributed by atoms with van der Waals surface area (Å²) < 4.78 is 5.76. The van der Waals surface area contributed by atoms with Gasteiger partial charge in [0.15, 0.2) is 0 Å². The van der Waals surface area contributed by atoms with Crippen LogP contribution in [0.15, 0.2) is 59.0 Å². The number of anilines is 1. The summed E-state index contributed by atoms with van der Waals surface area (Å²) >= 11 is 0. The fourth-order valence-corrected chi connectivity index (χ4v) is 3.50. The quantitative estimate of drug-likeness (QED) is 0.684. The van der Waals surface area contributed by atoms with Gasteiger partial charge in [-0.3, -0.25) is 4.79 Å². The third-order valence-electron chi connectivity index (χ3n) is 5.15. The molecular weight excluding hydrogens is 352 g/mol. The van der Waals surface area contributed by atoms with Gasteiger partial charge in [-0.1, -0.05) is 36.4 Å². The maximum Gasteiger partial charge on any atom is 0.247 e. The van der Waals surface area contributed by atoms with Crippen molar-refractivity contribution in [1.29, 1.82) is 0 Å². The van der Waals surface area contributed by atoms with Crippen LogP contribution >= 0.6 is 0 Å². The summed E-state index contributed by atoms with van der Waals surface area (Å²) in [6, 6.07) is 18.2. The molecule has 1 fully saturated rings. The van der Waals surface area contributed by atoms with Gasteiger partial charge in [0.25, 0.3) is 0 Å². The SMILES string of the molecule is Cc1ccccc1-c1nnc(CCC(=O)N2CCN(c3ccccc3)CC2)o1. The summed E-state index contributed by atoms with van der Waals surface area (Å²) in [5.41, 5.74) is 3.24. The zero-order chi connectivity index (χ0) is 19.3. The number of hydrogen-bond acceptors (Lipinski definition) is 5. The lowest BCUT2D eigenvalue weighted by Crippen LogP contribution is -2.48. The number of aryl methyl sites for hydroxylation is 2. The van der Waals surface area contributed by atoms with Crippen LogP contribution in [0.3, 0.4) is 0 Å². The maximum atomic E-state index is 12.6. The molecular formula is C22H24N4O2. The second kappa shape index (κ2) is 8.25. The van der Waals surface area contributed by atoms with Gasteiger partial charge in [0.1, 0.15) is 0 Å². The van der Waals surface area contributed by atoms with E-state index in [2.05, 4.69) is 27.2 Å². The van der Waals surface area contributed by atoms with Crippen LogP contribution in [0, 0.1) is 6.92 Å². The third kappa shape index (κ3) is 4.06. The van der Waals surface area contributed by atoms with Crippen LogP contribution in [-0.2, 0) is 11.2 Å². The number of carbonyl (C=O) groups excluding carboxylic acids is 1. The minimum absolute atomic E-state index is 0.142. The fourth-order valence-electron chi connectivity index (χ4n) is 3.50. The molecule has 3 aromatic rings. The number of benzene rings is 2. The highest BCUT2D eigenvalue weighted by molar-refractivity contribution is 5.76. The third-order valence-corrected chi connectivity index (χ3v) is 5.15. The van der Waals surface area contributed by atoms with E-state index in [1.54, 1.807) is 0 Å². The Morgan fingerprint density at radius 3 is 2.43 bits per heavy atom. The minimum atomic E-state index is 0.142. The van der Waals surface area contributed by atoms with E-state index in [0.717, 1.165) is 37.3 Å². The molecule has 144 valence electrons. The second-order valence-corrected chi connectivity index (χ2v) is 7.02. The number of aromatic nitrogens is 2. The average Bonchev–Trinajstić information content (AvgIpc) is 3.22. The summed E-state index contributed by atoms with van der Waals surface area (Å²) in [5, 5.41) is 8.24. The van der Waals surface area contributed by atoms with Crippen LogP contribution in [0.4, 0.5) is 5.69 Å². The summed E-state index contributed by atoms with van der Waals surface area (Å²) in [4.78, 5) is 16.8. The Hall–Kier alpha value is -3.15. The van der Waals surface area contributed by atoms with E-state index in [1.807, 2.05) is 54.3 Å². The minimum Gasteiger partial charge on any atom is -0.421 e. The number of piperazine rings is 1. The number of carbonyl (C=O) groups is 1. The zero-order valence-corrected chi connectivity index (χ0v) is 16.0. The van der Waals surface area contributed by atoms with Crippen LogP contribution in [0.2, 0.25) is 0 Å². The summed E-state index contributed by atoms with van der Waals surface area (Å²) in [6.07, 6.45) is 0.858. The zero-order valence-electron chi connectivity index (χ0n) is 16.0. The first kappa shape index (κ1) is 18.2. The van der Waals surface area contributed by atoms with Gasteiger partial charge in [0.2, 0.25) is 17.7 Å². The lowest BCUT2D eigenvalue weighted by molar-refractivity contribution is -0.131. The number of rotatable bonds is 5. The summed E-state index contributed by atoms with van der Waals surface area (Å²) in [5.74, 6) is 1.16. The van der Waals surface area contributed by atoms with Crippen molar-refractivity contribution in [3.63, 3.8) is 0 Å². The van der Waals surface area contributed by atoms with Crippen molar-refractivity contribution in [3.05, 3.63) is 66.1 Å². The normalized spacial score (nSPS) is 14.3. The molecule has 6 nitrogen and oxygen atoms in total. The van der Waals surface area contributed by atoms with Gasteiger partial charge in [-0.15, -0.1) is 10.2 Å². The summed E-state index contributed by atoms with van der Waals surface area (Å²) in [6.45, 7) is 5.21. The molecule has 4 rings (SSSR count). The first-order chi connectivity index (χ1) is 13.7. The molecule has 0 radical (unpaired) electrons. The smallest absolute Gasteiger partial charge is 0.247 e. The fraction of sp³-hybridized carbons (Fsp3) is 0.318. The van der Waals surface area contributed by atoms with E-state index >= 15 is 0 Å². The predicted molar refractivity (Wildman–Crippen MR) is 108 cm³/mol. The van der Waals surface area contributed by atoms with Gasteiger partial charge in [0, 0.05) is 50.3 Å². The molecule has 28 heavy (non-hydrogen) atoms. The van der Waals surface area contributed by atoms with Crippen LogP contribution in [0.1, 0.15) is 17.9 Å². The highest BCUT2D eigenvalue weighted by Crippen LogP contribution is 2.22. The molecule has 1 amide bonds. The molecule has 0 saturated carbocycles. The van der Waals surface area contributed by atoms with E-state index < -0.39 is 0 Å².